The Morgan fingerprint density at radius 1 is 0.944 bits per heavy atom. The van der Waals surface area contributed by atoms with E-state index in [0.29, 0.717) is 6.42 Å². The molecule has 0 saturated carbocycles. The number of carboxylic acids is 1. The molecule has 91 valence electrons. The summed E-state index contributed by atoms with van der Waals surface area (Å²) in [5, 5.41) is 8.63. The summed E-state index contributed by atoms with van der Waals surface area (Å²) in [5.41, 5.74) is 4.33. The molecule has 0 bridgehead atoms. The molecule has 0 aliphatic rings. The largest absolute Gasteiger partial charge is 0.481 e. The highest BCUT2D eigenvalue weighted by Gasteiger charge is 2.00. The van der Waals surface area contributed by atoms with Crippen LogP contribution in [0.5, 0.6) is 0 Å². The maximum Gasteiger partial charge on any atom is 0.303 e. The summed E-state index contributed by atoms with van der Waals surface area (Å²) < 4.78 is 0. The van der Waals surface area contributed by atoms with Crippen LogP contribution in [0, 0.1) is 6.92 Å². The zero-order valence-corrected chi connectivity index (χ0v) is 10.1. The Balaban J connectivity index is 2.12. The standard InChI is InChI=1S/C16H15O2/c1-12-2-7-14(8-3-12)15-9-4-13(5-10-15)6-11-16(17)18/h2-5,7-10H,1,6,11H2,(H,17,18). The minimum Gasteiger partial charge on any atom is -0.481 e. The van der Waals surface area contributed by atoms with Gasteiger partial charge in [-0.3, -0.25) is 4.79 Å². The van der Waals surface area contributed by atoms with Crippen LogP contribution in [0.3, 0.4) is 0 Å². The Hall–Kier alpha value is -2.09. The minimum atomic E-state index is -0.759. The molecule has 0 heterocycles. The number of rotatable bonds is 4. The van der Waals surface area contributed by atoms with Gasteiger partial charge in [-0.1, -0.05) is 48.5 Å². The number of hydrogen-bond acceptors (Lipinski definition) is 1. The van der Waals surface area contributed by atoms with E-state index >= 15 is 0 Å². The molecule has 0 aliphatic carbocycles. The second kappa shape index (κ2) is 5.50. The smallest absolute Gasteiger partial charge is 0.303 e. The normalized spacial score (nSPS) is 10.3. The number of benzene rings is 2. The zero-order valence-electron chi connectivity index (χ0n) is 10.1. The highest BCUT2D eigenvalue weighted by molar-refractivity contribution is 5.67. The number of carboxylic acid groups (broad SMARTS) is 1. The summed E-state index contributed by atoms with van der Waals surface area (Å²) in [5.74, 6) is -0.759. The molecular formula is C16H15O2. The summed E-state index contributed by atoms with van der Waals surface area (Å²) >= 11 is 0. The van der Waals surface area contributed by atoms with Gasteiger partial charge in [0.15, 0.2) is 0 Å². The molecule has 0 unspecified atom stereocenters. The molecule has 2 nitrogen and oxygen atoms in total. The van der Waals surface area contributed by atoms with E-state index in [1.807, 2.05) is 48.5 Å². The van der Waals surface area contributed by atoms with E-state index in [9.17, 15) is 4.79 Å². The average molecular weight is 239 g/mol. The first-order chi connectivity index (χ1) is 8.65. The van der Waals surface area contributed by atoms with Gasteiger partial charge in [-0.05, 0) is 35.6 Å². The Bertz CT molecular complexity index is 524. The van der Waals surface area contributed by atoms with Crippen LogP contribution in [0.25, 0.3) is 11.1 Å². The van der Waals surface area contributed by atoms with Crippen LogP contribution < -0.4 is 0 Å². The maximum absolute atomic E-state index is 10.5. The summed E-state index contributed by atoms with van der Waals surface area (Å²) in [4.78, 5) is 10.5. The molecule has 0 saturated heterocycles. The molecule has 0 aromatic heterocycles. The number of aryl methyl sites for hydroxylation is 1. The lowest BCUT2D eigenvalue weighted by Crippen LogP contribution is -1.97. The van der Waals surface area contributed by atoms with Crippen LogP contribution in [0.4, 0.5) is 0 Å². The van der Waals surface area contributed by atoms with Gasteiger partial charge >= 0.3 is 5.97 Å². The fourth-order valence-corrected chi connectivity index (χ4v) is 1.81. The van der Waals surface area contributed by atoms with Crippen molar-refractivity contribution in [3.63, 3.8) is 0 Å². The monoisotopic (exact) mass is 239 g/mol. The van der Waals surface area contributed by atoms with Crippen molar-refractivity contribution in [2.45, 2.75) is 12.8 Å². The van der Waals surface area contributed by atoms with Gasteiger partial charge in [0, 0.05) is 6.42 Å². The fraction of sp³-hybridized carbons (Fsp3) is 0.125. The van der Waals surface area contributed by atoms with E-state index in [4.69, 9.17) is 5.11 Å². The van der Waals surface area contributed by atoms with E-state index < -0.39 is 5.97 Å². The van der Waals surface area contributed by atoms with Crippen molar-refractivity contribution in [1.29, 1.82) is 0 Å². The quantitative estimate of drug-likeness (QED) is 0.885. The molecule has 2 aromatic rings. The molecule has 1 N–H and O–H groups in total. The van der Waals surface area contributed by atoms with Crippen molar-refractivity contribution in [2.24, 2.45) is 0 Å². The van der Waals surface area contributed by atoms with E-state index in [1.165, 1.54) is 0 Å². The number of hydrogen-bond donors (Lipinski definition) is 1. The van der Waals surface area contributed by atoms with Crippen LogP contribution in [-0.2, 0) is 11.2 Å². The van der Waals surface area contributed by atoms with Gasteiger partial charge in [0.1, 0.15) is 0 Å². The van der Waals surface area contributed by atoms with Crippen LogP contribution >= 0.6 is 0 Å². The van der Waals surface area contributed by atoms with Gasteiger partial charge < -0.3 is 5.11 Å². The molecule has 0 fully saturated rings. The number of carbonyl (C=O) groups is 1. The Morgan fingerprint density at radius 3 is 1.94 bits per heavy atom. The van der Waals surface area contributed by atoms with Gasteiger partial charge in [-0.25, -0.2) is 0 Å². The van der Waals surface area contributed by atoms with E-state index in [-0.39, 0.29) is 6.42 Å². The molecule has 2 rings (SSSR count). The molecule has 1 radical (unpaired) electrons. The Morgan fingerprint density at radius 2 is 1.44 bits per heavy atom. The van der Waals surface area contributed by atoms with Gasteiger partial charge in [0.2, 0.25) is 0 Å². The Kier molecular flexibility index (Phi) is 3.78. The molecular weight excluding hydrogens is 224 g/mol. The SMILES string of the molecule is [CH2]c1ccc(-c2ccc(CCC(=O)O)cc2)cc1. The van der Waals surface area contributed by atoms with Crippen LogP contribution in [0.15, 0.2) is 48.5 Å². The first-order valence-corrected chi connectivity index (χ1v) is 5.88. The second-order valence-electron chi connectivity index (χ2n) is 4.29. The van der Waals surface area contributed by atoms with Gasteiger partial charge in [-0.15, -0.1) is 0 Å². The highest BCUT2D eigenvalue weighted by atomic mass is 16.4. The predicted molar refractivity (Wildman–Crippen MR) is 72.3 cm³/mol. The minimum absolute atomic E-state index is 0.176. The van der Waals surface area contributed by atoms with E-state index in [1.54, 1.807) is 0 Å². The molecule has 2 heteroatoms. The van der Waals surface area contributed by atoms with Crippen molar-refractivity contribution in [3.8, 4) is 11.1 Å². The van der Waals surface area contributed by atoms with Crippen LogP contribution in [0.2, 0.25) is 0 Å². The molecule has 0 atom stereocenters. The third kappa shape index (κ3) is 3.20. The molecule has 0 amide bonds. The van der Waals surface area contributed by atoms with E-state index in [2.05, 4.69) is 6.92 Å². The van der Waals surface area contributed by atoms with Crippen molar-refractivity contribution in [3.05, 3.63) is 66.6 Å². The van der Waals surface area contributed by atoms with Crippen LogP contribution in [0.1, 0.15) is 17.5 Å². The van der Waals surface area contributed by atoms with Gasteiger partial charge in [-0.2, -0.15) is 0 Å². The second-order valence-corrected chi connectivity index (χ2v) is 4.29. The highest BCUT2D eigenvalue weighted by Crippen LogP contribution is 2.20. The lowest BCUT2D eigenvalue weighted by Gasteiger charge is -2.04. The summed E-state index contributed by atoms with van der Waals surface area (Å²) in [6.45, 7) is 3.85. The van der Waals surface area contributed by atoms with Crippen molar-refractivity contribution in [2.75, 3.05) is 0 Å². The first-order valence-electron chi connectivity index (χ1n) is 5.88. The summed E-state index contributed by atoms with van der Waals surface area (Å²) in [7, 11) is 0. The fourth-order valence-electron chi connectivity index (χ4n) is 1.81. The van der Waals surface area contributed by atoms with Crippen molar-refractivity contribution < 1.29 is 9.90 Å². The Labute approximate surface area is 107 Å². The molecule has 18 heavy (non-hydrogen) atoms. The third-order valence-electron chi connectivity index (χ3n) is 2.87. The van der Waals surface area contributed by atoms with Crippen LogP contribution in [-0.4, -0.2) is 11.1 Å². The molecule has 0 aliphatic heterocycles. The summed E-state index contributed by atoms with van der Waals surface area (Å²) in [6.07, 6.45) is 0.753. The average Bonchev–Trinajstić information content (AvgIpc) is 2.38. The number of aliphatic carboxylic acids is 1. The lowest BCUT2D eigenvalue weighted by molar-refractivity contribution is -0.136. The predicted octanol–water partition coefficient (Wildman–Crippen LogP) is 3.55. The van der Waals surface area contributed by atoms with E-state index in [0.717, 1.165) is 22.3 Å². The molecule has 0 spiro atoms. The summed E-state index contributed by atoms with van der Waals surface area (Å²) in [6, 6.07) is 16.0. The van der Waals surface area contributed by atoms with Gasteiger partial charge in [0.25, 0.3) is 0 Å². The van der Waals surface area contributed by atoms with Crippen molar-refractivity contribution >= 4 is 5.97 Å². The zero-order chi connectivity index (χ0) is 13.0. The lowest BCUT2D eigenvalue weighted by atomic mass is 10.0. The molecule has 2 aromatic carbocycles. The van der Waals surface area contributed by atoms with Crippen molar-refractivity contribution in [1.82, 2.24) is 0 Å². The van der Waals surface area contributed by atoms with Gasteiger partial charge in [0.05, 0.1) is 0 Å². The maximum atomic E-state index is 10.5. The first kappa shape index (κ1) is 12.4. The topological polar surface area (TPSA) is 37.3 Å². The third-order valence-corrected chi connectivity index (χ3v) is 2.87.